The number of aromatic nitrogens is 1. The first-order chi connectivity index (χ1) is 8.19. The Morgan fingerprint density at radius 1 is 1.29 bits per heavy atom. The molecule has 0 fully saturated rings. The standard InChI is InChI=1S/C12H9Cl2NOS/c13-6-11(16)10-7-17-12(15-10)5-8-1-3-9(14)4-2-8/h1-4,7H,5-6H2. The Labute approximate surface area is 113 Å². The molecule has 1 aromatic heterocycles. The van der Waals surface area contributed by atoms with Gasteiger partial charge in [-0.3, -0.25) is 4.79 Å². The van der Waals surface area contributed by atoms with Crippen LogP contribution >= 0.6 is 34.5 Å². The van der Waals surface area contributed by atoms with Crippen LogP contribution in [-0.4, -0.2) is 16.6 Å². The summed E-state index contributed by atoms with van der Waals surface area (Å²) < 4.78 is 0. The van der Waals surface area contributed by atoms with E-state index < -0.39 is 0 Å². The number of Topliss-reactive ketones (excluding diaryl/α,β-unsaturated/α-hetero) is 1. The molecule has 2 nitrogen and oxygen atoms in total. The van der Waals surface area contributed by atoms with Crippen LogP contribution in [0.2, 0.25) is 5.02 Å². The topological polar surface area (TPSA) is 30.0 Å². The van der Waals surface area contributed by atoms with Crippen LogP contribution in [0.5, 0.6) is 0 Å². The van der Waals surface area contributed by atoms with Crippen molar-refractivity contribution in [3.05, 3.63) is 50.9 Å². The summed E-state index contributed by atoms with van der Waals surface area (Å²) >= 11 is 12.7. The first-order valence-electron chi connectivity index (χ1n) is 4.97. The van der Waals surface area contributed by atoms with Crippen LogP contribution in [0.15, 0.2) is 29.6 Å². The van der Waals surface area contributed by atoms with E-state index in [-0.39, 0.29) is 11.7 Å². The van der Waals surface area contributed by atoms with Crippen LogP contribution in [0.3, 0.4) is 0 Å². The third kappa shape index (κ3) is 3.28. The molecule has 0 spiro atoms. The van der Waals surface area contributed by atoms with Crippen molar-refractivity contribution >= 4 is 40.3 Å². The lowest BCUT2D eigenvalue weighted by Gasteiger charge is -1.97. The molecule has 5 heteroatoms. The highest BCUT2D eigenvalue weighted by atomic mass is 35.5. The number of alkyl halides is 1. The molecule has 0 amide bonds. The number of hydrogen-bond donors (Lipinski definition) is 0. The molecule has 0 atom stereocenters. The van der Waals surface area contributed by atoms with Gasteiger partial charge < -0.3 is 0 Å². The predicted octanol–water partition coefficient (Wildman–Crippen LogP) is 3.81. The highest BCUT2D eigenvalue weighted by Crippen LogP contribution is 2.17. The van der Waals surface area contributed by atoms with E-state index in [1.54, 1.807) is 5.38 Å². The van der Waals surface area contributed by atoms with Gasteiger partial charge in [-0.1, -0.05) is 23.7 Å². The lowest BCUT2D eigenvalue weighted by Crippen LogP contribution is -2.00. The Kier molecular flexibility index (Phi) is 4.15. The van der Waals surface area contributed by atoms with Crippen molar-refractivity contribution in [2.24, 2.45) is 0 Å². The summed E-state index contributed by atoms with van der Waals surface area (Å²) in [7, 11) is 0. The average Bonchev–Trinajstić information content (AvgIpc) is 2.80. The normalized spacial score (nSPS) is 10.5. The Hall–Kier alpha value is -0.900. The number of nitrogens with zero attached hydrogens (tertiary/aromatic N) is 1. The van der Waals surface area contributed by atoms with Gasteiger partial charge in [-0.2, -0.15) is 0 Å². The molecule has 0 saturated heterocycles. The molecule has 0 bridgehead atoms. The zero-order valence-electron chi connectivity index (χ0n) is 8.82. The molecule has 17 heavy (non-hydrogen) atoms. The molecule has 0 aliphatic carbocycles. The summed E-state index contributed by atoms with van der Waals surface area (Å²) in [6.07, 6.45) is 0.706. The van der Waals surface area contributed by atoms with E-state index in [0.717, 1.165) is 10.6 Å². The second-order valence-corrected chi connectivity index (χ2v) is 5.13. The van der Waals surface area contributed by atoms with Crippen molar-refractivity contribution in [1.82, 2.24) is 4.98 Å². The van der Waals surface area contributed by atoms with Crippen LogP contribution in [0.4, 0.5) is 0 Å². The van der Waals surface area contributed by atoms with Crippen molar-refractivity contribution in [3.63, 3.8) is 0 Å². The monoisotopic (exact) mass is 285 g/mol. The van der Waals surface area contributed by atoms with Gasteiger partial charge in [-0.05, 0) is 17.7 Å². The number of carbonyl (C=O) groups excluding carboxylic acids is 1. The third-order valence-corrected chi connectivity index (χ3v) is 3.57. The zero-order chi connectivity index (χ0) is 12.3. The Morgan fingerprint density at radius 2 is 2.00 bits per heavy atom. The highest BCUT2D eigenvalue weighted by Gasteiger charge is 2.09. The average molecular weight is 286 g/mol. The summed E-state index contributed by atoms with van der Waals surface area (Å²) in [6.45, 7) is 0. The summed E-state index contributed by atoms with van der Waals surface area (Å²) in [4.78, 5) is 15.6. The Bertz CT molecular complexity index is 522. The SMILES string of the molecule is O=C(CCl)c1csc(Cc2ccc(Cl)cc2)n1. The summed E-state index contributed by atoms with van der Waals surface area (Å²) in [5.41, 5.74) is 1.57. The molecule has 2 rings (SSSR count). The summed E-state index contributed by atoms with van der Waals surface area (Å²) in [5.74, 6) is -0.158. The van der Waals surface area contributed by atoms with E-state index in [4.69, 9.17) is 23.2 Å². The lowest BCUT2D eigenvalue weighted by molar-refractivity contribution is 0.101. The fourth-order valence-electron chi connectivity index (χ4n) is 1.37. The Balaban J connectivity index is 2.11. The summed E-state index contributed by atoms with van der Waals surface area (Å²) in [5, 5.41) is 3.36. The van der Waals surface area contributed by atoms with E-state index in [2.05, 4.69) is 4.98 Å². The largest absolute Gasteiger partial charge is 0.291 e. The number of benzene rings is 1. The molecule has 1 aromatic carbocycles. The number of halogens is 2. The van der Waals surface area contributed by atoms with Crippen molar-refractivity contribution in [2.45, 2.75) is 6.42 Å². The zero-order valence-corrected chi connectivity index (χ0v) is 11.1. The first-order valence-corrected chi connectivity index (χ1v) is 6.76. The maximum atomic E-state index is 11.3. The Morgan fingerprint density at radius 3 is 2.65 bits per heavy atom. The molecule has 0 aliphatic heterocycles. The van der Waals surface area contributed by atoms with Gasteiger partial charge >= 0.3 is 0 Å². The van der Waals surface area contributed by atoms with Gasteiger partial charge in [0.1, 0.15) is 5.69 Å². The second-order valence-electron chi connectivity index (χ2n) is 3.49. The van der Waals surface area contributed by atoms with Crippen LogP contribution < -0.4 is 0 Å². The maximum absolute atomic E-state index is 11.3. The van der Waals surface area contributed by atoms with E-state index in [1.807, 2.05) is 24.3 Å². The molecule has 1 heterocycles. The second kappa shape index (κ2) is 5.63. The minimum Gasteiger partial charge on any atom is -0.291 e. The number of thiazole rings is 1. The molecule has 2 aromatic rings. The first kappa shape index (κ1) is 12.6. The van der Waals surface area contributed by atoms with Gasteiger partial charge in [0.25, 0.3) is 0 Å². The molecule has 0 aliphatic rings. The highest BCUT2D eigenvalue weighted by molar-refractivity contribution is 7.09. The van der Waals surface area contributed by atoms with Gasteiger partial charge in [0, 0.05) is 16.8 Å². The van der Waals surface area contributed by atoms with Gasteiger partial charge in [0.05, 0.1) is 10.9 Å². The van der Waals surface area contributed by atoms with Gasteiger partial charge in [0.2, 0.25) is 0 Å². The van der Waals surface area contributed by atoms with Crippen LogP contribution in [0.25, 0.3) is 0 Å². The maximum Gasteiger partial charge on any atom is 0.196 e. The van der Waals surface area contributed by atoms with Crippen LogP contribution in [0.1, 0.15) is 21.1 Å². The fourth-order valence-corrected chi connectivity index (χ4v) is 2.46. The van der Waals surface area contributed by atoms with Gasteiger partial charge in [-0.15, -0.1) is 22.9 Å². The van der Waals surface area contributed by atoms with E-state index in [0.29, 0.717) is 17.1 Å². The predicted molar refractivity (Wildman–Crippen MR) is 71.4 cm³/mol. The van der Waals surface area contributed by atoms with Crippen molar-refractivity contribution in [3.8, 4) is 0 Å². The molecular formula is C12H9Cl2NOS. The quantitative estimate of drug-likeness (QED) is 0.632. The lowest BCUT2D eigenvalue weighted by atomic mass is 10.2. The molecule has 88 valence electrons. The molecule has 0 N–H and O–H groups in total. The van der Waals surface area contributed by atoms with Crippen LogP contribution in [0, 0.1) is 0 Å². The molecule has 0 radical (unpaired) electrons. The molecular weight excluding hydrogens is 277 g/mol. The fraction of sp³-hybridized carbons (Fsp3) is 0.167. The van der Waals surface area contributed by atoms with E-state index >= 15 is 0 Å². The smallest absolute Gasteiger partial charge is 0.196 e. The van der Waals surface area contributed by atoms with E-state index in [9.17, 15) is 4.79 Å². The number of rotatable bonds is 4. The molecule has 0 unspecified atom stereocenters. The minimum absolute atomic E-state index is 0.0237. The summed E-state index contributed by atoms with van der Waals surface area (Å²) in [6, 6.07) is 7.59. The van der Waals surface area contributed by atoms with Crippen molar-refractivity contribution in [1.29, 1.82) is 0 Å². The van der Waals surface area contributed by atoms with Crippen molar-refractivity contribution in [2.75, 3.05) is 5.88 Å². The number of ketones is 1. The van der Waals surface area contributed by atoms with E-state index in [1.165, 1.54) is 11.3 Å². The van der Waals surface area contributed by atoms with Gasteiger partial charge in [-0.25, -0.2) is 4.98 Å². The van der Waals surface area contributed by atoms with Gasteiger partial charge in [0.15, 0.2) is 5.78 Å². The third-order valence-electron chi connectivity index (χ3n) is 2.23. The minimum atomic E-state index is -0.134. The van der Waals surface area contributed by atoms with Crippen LogP contribution in [-0.2, 0) is 6.42 Å². The number of hydrogen-bond acceptors (Lipinski definition) is 3. The molecule has 0 saturated carbocycles. The number of carbonyl (C=O) groups is 1. The van der Waals surface area contributed by atoms with Crippen molar-refractivity contribution < 1.29 is 4.79 Å².